The van der Waals surface area contributed by atoms with Crippen molar-refractivity contribution in [2.45, 2.75) is 37.8 Å². The van der Waals surface area contributed by atoms with Gasteiger partial charge in [-0.1, -0.05) is 0 Å². The van der Waals surface area contributed by atoms with E-state index < -0.39 is 0 Å². The molecule has 1 aliphatic carbocycles. The Balaban J connectivity index is 1.65. The highest BCUT2D eigenvalue weighted by atomic mass is 16.2. The van der Waals surface area contributed by atoms with Gasteiger partial charge in [-0.25, -0.2) is 4.98 Å². The van der Waals surface area contributed by atoms with Crippen LogP contribution in [-0.4, -0.2) is 42.1 Å². The average molecular weight is 342 g/mol. The number of rotatable bonds is 4. The van der Waals surface area contributed by atoms with Gasteiger partial charge in [0.15, 0.2) is 0 Å². The molecule has 2 aliphatic rings. The molecule has 8 nitrogen and oxygen atoms in total. The van der Waals surface area contributed by atoms with Gasteiger partial charge in [-0.2, -0.15) is 5.10 Å². The number of nitrogens with one attached hydrogen (secondary N) is 1. The van der Waals surface area contributed by atoms with Crippen LogP contribution < -0.4 is 5.32 Å². The minimum Gasteiger partial charge on any atom is -0.336 e. The SMILES string of the molecule is Cn1cc(NC(=O)[C@H]2CCC(=O)N(C3CC3)[C@@H]2c2nccn2C)cn1. The molecule has 3 heterocycles. The average Bonchev–Trinajstić information content (AvgIpc) is 3.20. The van der Waals surface area contributed by atoms with Crippen molar-refractivity contribution >= 4 is 17.5 Å². The molecule has 1 N–H and O–H groups in total. The highest BCUT2D eigenvalue weighted by molar-refractivity contribution is 5.94. The van der Waals surface area contributed by atoms with E-state index in [0.717, 1.165) is 18.7 Å². The summed E-state index contributed by atoms with van der Waals surface area (Å²) in [5.74, 6) is 0.492. The molecule has 1 aliphatic heterocycles. The number of amides is 2. The second-order valence-electron chi connectivity index (χ2n) is 6.91. The molecule has 8 heteroatoms. The van der Waals surface area contributed by atoms with E-state index in [-0.39, 0.29) is 29.8 Å². The van der Waals surface area contributed by atoms with Crippen LogP contribution in [0.2, 0.25) is 0 Å². The van der Waals surface area contributed by atoms with Crippen LogP contribution in [0.3, 0.4) is 0 Å². The molecule has 2 aromatic heterocycles. The predicted molar refractivity (Wildman–Crippen MR) is 90.4 cm³/mol. The summed E-state index contributed by atoms with van der Waals surface area (Å²) in [7, 11) is 3.71. The lowest BCUT2D eigenvalue weighted by Crippen LogP contribution is -2.48. The third-order valence-corrected chi connectivity index (χ3v) is 5.01. The molecule has 2 fully saturated rings. The number of nitrogens with zero attached hydrogens (tertiary/aromatic N) is 5. The molecular weight excluding hydrogens is 320 g/mol. The summed E-state index contributed by atoms with van der Waals surface area (Å²) in [6.45, 7) is 0. The molecule has 0 unspecified atom stereocenters. The number of piperidine rings is 1. The van der Waals surface area contributed by atoms with Crippen LogP contribution in [0.25, 0.3) is 0 Å². The minimum absolute atomic E-state index is 0.0841. The maximum absolute atomic E-state index is 13.0. The molecule has 0 bridgehead atoms. The number of likely N-dealkylation sites (tertiary alicyclic amines) is 1. The number of carbonyl (C=O) groups is 2. The first kappa shape index (κ1) is 15.9. The zero-order chi connectivity index (χ0) is 17.6. The van der Waals surface area contributed by atoms with Gasteiger partial charge in [-0.15, -0.1) is 0 Å². The lowest BCUT2D eigenvalue weighted by molar-refractivity contribution is -0.143. The fraction of sp³-hybridized carbons (Fsp3) is 0.529. The first-order chi connectivity index (χ1) is 12.0. The normalized spacial score (nSPS) is 23.8. The Bertz CT molecular complexity index is 806. The van der Waals surface area contributed by atoms with Crippen molar-refractivity contribution in [1.29, 1.82) is 0 Å². The highest BCUT2D eigenvalue weighted by Crippen LogP contribution is 2.43. The highest BCUT2D eigenvalue weighted by Gasteiger charge is 2.48. The van der Waals surface area contributed by atoms with Crippen LogP contribution >= 0.6 is 0 Å². The predicted octanol–water partition coefficient (Wildman–Crippen LogP) is 1.23. The summed E-state index contributed by atoms with van der Waals surface area (Å²) in [5.41, 5.74) is 0.668. The largest absolute Gasteiger partial charge is 0.336 e. The monoisotopic (exact) mass is 342 g/mol. The quantitative estimate of drug-likeness (QED) is 0.906. The molecule has 132 valence electrons. The van der Waals surface area contributed by atoms with Crippen LogP contribution in [0.15, 0.2) is 24.8 Å². The number of imidazole rings is 1. The van der Waals surface area contributed by atoms with E-state index in [9.17, 15) is 9.59 Å². The maximum Gasteiger partial charge on any atom is 0.230 e. The van der Waals surface area contributed by atoms with E-state index in [1.807, 2.05) is 22.7 Å². The molecule has 0 aromatic carbocycles. The van der Waals surface area contributed by atoms with Gasteiger partial charge < -0.3 is 14.8 Å². The number of aryl methyl sites for hydroxylation is 2. The Morgan fingerprint density at radius 2 is 2.08 bits per heavy atom. The van der Waals surface area contributed by atoms with Gasteiger partial charge in [-0.3, -0.25) is 14.3 Å². The van der Waals surface area contributed by atoms with Crippen molar-refractivity contribution in [2.24, 2.45) is 20.0 Å². The molecule has 2 aromatic rings. The van der Waals surface area contributed by atoms with Crippen molar-refractivity contribution in [1.82, 2.24) is 24.2 Å². The minimum atomic E-state index is -0.320. The van der Waals surface area contributed by atoms with Gasteiger partial charge >= 0.3 is 0 Å². The zero-order valence-electron chi connectivity index (χ0n) is 14.4. The molecule has 0 radical (unpaired) electrons. The van der Waals surface area contributed by atoms with E-state index >= 15 is 0 Å². The maximum atomic E-state index is 13.0. The third kappa shape index (κ3) is 2.92. The summed E-state index contributed by atoms with van der Waals surface area (Å²) < 4.78 is 3.55. The second kappa shape index (κ2) is 6.02. The van der Waals surface area contributed by atoms with E-state index in [2.05, 4.69) is 15.4 Å². The number of anilines is 1. The number of aromatic nitrogens is 4. The van der Waals surface area contributed by atoms with Crippen molar-refractivity contribution in [3.8, 4) is 0 Å². The topological polar surface area (TPSA) is 85.0 Å². The fourth-order valence-electron chi connectivity index (χ4n) is 3.66. The fourth-order valence-corrected chi connectivity index (χ4v) is 3.66. The van der Waals surface area contributed by atoms with Crippen molar-refractivity contribution in [3.05, 3.63) is 30.6 Å². The second-order valence-corrected chi connectivity index (χ2v) is 6.91. The Labute approximate surface area is 145 Å². The van der Waals surface area contributed by atoms with Crippen molar-refractivity contribution in [2.75, 3.05) is 5.32 Å². The lowest BCUT2D eigenvalue weighted by Gasteiger charge is -2.40. The van der Waals surface area contributed by atoms with Crippen molar-refractivity contribution in [3.63, 3.8) is 0 Å². The smallest absolute Gasteiger partial charge is 0.230 e. The Hall–Kier alpha value is -2.64. The Morgan fingerprint density at radius 1 is 1.28 bits per heavy atom. The van der Waals surface area contributed by atoms with Crippen LogP contribution in [0.5, 0.6) is 0 Å². The molecule has 1 saturated carbocycles. The summed E-state index contributed by atoms with van der Waals surface area (Å²) in [6, 6.07) is -0.0754. The van der Waals surface area contributed by atoms with Crippen LogP contribution in [-0.2, 0) is 23.7 Å². The first-order valence-electron chi connectivity index (χ1n) is 8.62. The lowest BCUT2D eigenvalue weighted by atomic mass is 9.86. The summed E-state index contributed by atoms with van der Waals surface area (Å²) >= 11 is 0. The molecule has 2 amide bonds. The molecule has 2 atom stereocenters. The van der Waals surface area contributed by atoms with Gasteiger partial charge in [0.05, 0.1) is 17.8 Å². The van der Waals surface area contributed by atoms with E-state index in [0.29, 0.717) is 18.5 Å². The number of hydrogen-bond acceptors (Lipinski definition) is 4. The van der Waals surface area contributed by atoms with Gasteiger partial charge in [-0.05, 0) is 19.3 Å². The summed E-state index contributed by atoms with van der Waals surface area (Å²) in [4.78, 5) is 31.9. The third-order valence-electron chi connectivity index (χ3n) is 5.01. The molecule has 1 saturated heterocycles. The number of carbonyl (C=O) groups excluding carboxylic acids is 2. The van der Waals surface area contributed by atoms with Crippen molar-refractivity contribution < 1.29 is 9.59 Å². The first-order valence-corrected chi connectivity index (χ1v) is 8.62. The Morgan fingerprint density at radius 3 is 2.68 bits per heavy atom. The number of hydrogen-bond donors (Lipinski definition) is 1. The van der Waals surface area contributed by atoms with Gasteiger partial charge in [0, 0.05) is 45.1 Å². The standard InChI is InChI=1S/C17H22N6O2/c1-21-8-7-18-16(21)15-13(5-6-14(24)23(15)12-3-4-12)17(25)20-11-9-19-22(2)10-11/h7-10,12-13,15H,3-6H2,1-2H3,(H,20,25)/t13-,15-/m0/s1. The van der Waals surface area contributed by atoms with Crippen LogP contribution in [0, 0.1) is 5.92 Å². The Kier molecular flexibility index (Phi) is 3.82. The summed E-state index contributed by atoms with van der Waals surface area (Å²) in [5, 5.41) is 7.03. The molecule has 0 spiro atoms. The van der Waals surface area contributed by atoms with Crippen LogP contribution in [0.1, 0.15) is 37.5 Å². The van der Waals surface area contributed by atoms with Gasteiger partial charge in [0.25, 0.3) is 0 Å². The van der Waals surface area contributed by atoms with E-state index in [4.69, 9.17) is 0 Å². The molecule has 25 heavy (non-hydrogen) atoms. The molecule has 4 rings (SSSR count). The van der Waals surface area contributed by atoms with E-state index in [1.54, 1.807) is 30.3 Å². The van der Waals surface area contributed by atoms with E-state index in [1.165, 1.54) is 0 Å². The van der Waals surface area contributed by atoms with Gasteiger partial charge in [0.2, 0.25) is 11.8 Å². The zero-order valence-corrected chi connectivity index (χ0v) is 14.4. The van der Waals surface area contributed by atoms with Gasteiger partial charge in [0.1, 0.15) is 11.9 Å². The van der Waals surface area contributed by atoms with Crippen LogP contribution in [0.4, 0.5) is 5.69 Å². The molecular formula is C17H22N6O2. The summed E-state index contributed by atoms with van der Waals surface area (Å²) in [6.07, 6.45) is 9.91.